The number of hydrogen-bond acceptors (Lipinski definition) is 6. The lowest BCUT2D eigenvalue weighted by atomic mass is 10.0. The van der Waals surface area contributed by atoms with Crippen molar-refractivity contribution >= 4 is 29.3 Å². The van der Waals surface area contributed by atoms with Crippen molar-refractivity contribution in [3.8, 4) is 5.75 Å². The molecule has 29 heavy (non-hydrogen) atoms. The molecule has 9 heteroatoms. The third-order valence-corrected chi connectivity index (χ3v) is 4.69. The largest absolute Gasteiger partial charge is 0.497 e. The monoisotopic (exact) mass is 401 g/mol. The molecule has 2 amide bonds. The van der Waals surface area contributed by atoms with Crippen LogP contribution < -0.4 is 26.0 Å². The molecule has 1 aromatic heterocycles. The third kappa shape index (κ3) is 5.20. The predicted molar refractivity (Wildman–Crippen MR) is 113 cm³/mol. The maximum atomic E-state index is 12.1. The molecule has 156 valence electrons. The summed E-state index contributed by atoms with van der Waals surface area (Å²) in [5.74, 6) is 0.380. The van der Waals surface area contributed by atoms with Gasteiger partial charge in [-0.1, -0.05) is 19.9 Å². The molecule has 0 aliphatic rings. The van der Waals surface area contributed by atoms with Gasteiger partial charge in [-0.05, 0) is 18.1 Å². The number of quaternary nitrogens is 1. The molecule has 0 radical (unpaired) electrons. The number of primary amides is 2. The molecule has 0 aliphatic heterocycles. The van der Waals surface area contributed by atoms with Crippen LogP contribution in [0.25, 0.3) is 0 Å². The van der Waals surface area contributed by atoms with E-state index in [1.54, 1.807) is 31.4 Å². The van der Waals surface area contributed by atoms with Crippen LogP contribution in [0.3, 0.4) is 0 Å². The number of amides is 2. The van der Waals surface area contributed by atoms with Gasteiger partial charge in [-0.3, -0.25) is 14.1 Å². The molecule has 1 heterocycles. The van der Waals surface area contributed by atoms with E-state index in [1.807, 2.05) is 27.9 Å². The van der Waals surface area contributed by atoms with E-state index in [4.69, 9.17) is 16.2 Å². The summed E-state index contributed by atoms with van der Waals surface area (Å²) in [5, 5.41) is 3.09. The molecule has 2 aromatic rings. The molecule has 1 unspecified atom stereocenters. The summed E-state index contributed by atoms with van der Waals surface area (Å²) in [7, 11) is 5.19. The Hall–Kier alpha value is -3.20. The summed E-state index contributed by atoms with van der Waals surface area (Å²) < 4.78 is 5.27. The van der Waals surface area contributed by atoms with E-state index in [2.05, 4.69) is 15.3 Å². The number of nitrogens with zero attached hydrogens (tertiary/aromatic N) is 3. The van der Waals surface area contributed by atoms with Gasteiger partial charge in [0.25, 0.3) is 11.8 Å². The fourth-order valence-corrected chi connectivity index (χ4v) is 3.05. The number of carbonyl (C=O) groups is 2. The van der Waals surface area contributed by atoms with Gasteiger partial charge in [-0.15, -0.1) is 0 Å². The van der Waals surface area contributed by atoms with Gasteiger partial charge in [0.15, 0.2) is 11.9 Å². The lowest BCUT2D eigenvalue weighted by Gasteiger charge is -2.34. The second-order valence-electron chi connectivity index (χ2n) is 7.74. The number of benzene rings is 1. The number of anilines is 2. The number of likely N-dealkylation sites (N-methyl/N-ethyl adjacent to an activating group) is 1. The lowest BCUT2D eigenvalue weighted by molar-refractivity contribution is -0.122. The summed E-state index contributed by atoms with van der Waals surface area (Å²) >= 11 is 0. The first-order valence-electron chi connectivity index (χ1n) is 9.27. The summed E-state index contributed by atoms with van der Waals surface area (Å²) in [4.78, 5) is 32.8. The number of carbonyl (C=O) groups excluding carboxylic acids is 2. The minimum atomic E-state index is -0.666. The minimum Gasteiger partial charge on any atom is -0.497 e. The molecule has 0 saturated carbocycles. The van der Waals surface area contributed by atoms with Crippen LogP contribution in [0.2, 0.25) is 0 Å². The number of aromatic nitrogens is 2. The van der Waals surface area contributed by atoms with Crippen molar-refractivity contribution in [1.82, 2.24) is 14.5 Å². The molecule has 9 nitrogen and oxygen atoms in total. The van der Waals surface area contributed by atoms with Crippen molar-refractivity contribution < 1.29 is 14.3 Å². The van der Waals surface area contributed by atoms with E-state index >= 15 is 0 Å². The van der Waals surface area contributed by atoms with Crippen LogP contribution in [-0.2, 0) is 4.79 Å². The van der Waals surface area contributed by atoms with Crippen LogP contribution >= 0.6 is 0 Å². The van der Waals surface area contributed by atoms with E-state index in [0.29, 0.717) is 23.8 Å². The molecule has 5 N–H and O–H groups in total. The van der Waals surface area contributed by atoms with Crippen LogP contribution in [0, 0.1) is 5.92 Å². The Morgan fingerprint density at radius 1 is 1.24 bits per heavy atom. The zero-order valence-electron chi connectivity index (χ0n) is 17.5. The Morgan fingerprint density at radius 2 is 1.93 bits per heavy atom. The van der Waals surface area contributed by atoms with Crippen molar-refractivity contribution in [3.05, 3.63) is 36.0 Å². The highest BCUT2D eigenvalue weighted by atomic mass is 16.5. The Morgan fingerprint density at radius 3 is 2.48 bits per heavy atom. The highest BCUT2D eigenvalue weighted by molar-refractivity contribution is 5.98. The number of rotatable bonds is 9. The van der Waals surface area contributed by atoms with E-state index in [1.165, 1.54) is 6.20 Å². The number of ether oxygens (including phenoxy) is 1. The number of methoxy groups -OCH3 is 1. The highest BCUT2D eigenvalue weighted by Gasteiger charge is 2.38. The molecule has 0 saturated heterocycles. The molecule has 2 rings (SSSR count). The molecule has 0 bridgehead atoms. The summed E-state index contributed by atoms with van der Waals surface area (Å²) in [6.45, 7) is 4.03. The van der Waals surface area contributed by atoms with Gasteiger partial charge < -0.3 is 21.5 Å². The average molecular weight is 401 g/mol. The molecular formula is C20H29N6O3+. The van der Waals surface area contributed by atoms with Crippen LogP contribution in [0.1, 0.15) is 30.6 Å². The van der Waals surface area contributed by atoms with Gasteiger partial charge in [0.1, 0.15) is 11.3 Å². The Bertz CT molecular complexity index is 898. The third-order valence-electron chi connectivity index (χ3n) is 4.69. The predicted octanol–water partition coefficient (Wildman–Crippen LogP) is 1.79. The van der Waals surface area contributed by atoms with Crippen LogP contribution in [0.4, 0.5) is 17.5 Å². The van der Waals surface area contributed by atoms with Gasteiger partial charge >= 0.3 is 5.95 Å². The first-order chi connectivity index (χ1) is 13.6. The summed E-state index contributed by atoms with van der Waals surface area (Å²) in [6, 6.07) is 6.64. The van der Waals surface area contributed by atoms with E-state index in [-0.39, 0.29) is 21.8 Å². The number of nitrogens with one attached hydrogen (secondary N) is 1. The van der Waals surface area contributed by atoms with Crippen LogP contribution in [0.15, 0.2) is 30.5 Å². The molecule has 0 fully saturated rings. The molecule has 1 atom stereocenters. The van der Waals surface area contributed by atoms with Gasteiger partial charge in [0.05, 0.1) is 27.4 Å². The van der Waals surface area contributed by atoms with Crippen molar-refractivity contribution in [1.29, 1.82) is 0 Å². The van der Waals surface area contributed by atoms with Crippen molar-refractivity contribution in [2.75, 3.05) is 26.5 Å². The zero-order valence-corrected chi connectivity index (χ0v) is 17.5. The standard InChI is InChI=1S/C20H28N6O3/c1-12(2)9-16(18(22)28)26(3,4)20-23-11-15(17(21)27)19(25-20)24-13-7-6-8-14(10-13)29-5/h6-8,10-12,16H,9H2,1-5H3,(H4-,21,22,23,24,25,27,28)/p+1. The van der Waals surface area contributed by atoms with Crippen molar-refractivity contribution in [2.24, 2.45) is 17.4 Å². The second-order valence-corrected chi connectivity index (χ2v) is 7.74. The normalized spacial score (nSPS) is 12.5. The number of nitrogens with two attached hydrogens (primary N) is 2. The molecule has 0 spiro atoms. The molecular weight excluding hydrogens is 372 g/mol. The molecule has 0 aliphatic carbocycles. The van der Waals surface area contributed by atoms with Gasteiger partial charge in [-0.25, -0.2) is 0 Å². The van der Waals surface area contributed by atoms with Gasteiger partial charge in [-0.2, -0.15) is 9.97 Å². The summed E-state index contributed by atoms with van der Waals surface area (Å²) in [6.07, 6.45) is 1.93. The van der Waals surface area contributed by atoms with E-state index < -0.39 is 17.9 Å². The van der Waals surface area contributed by atoms with E-state index in [9.17, 15) is 9.59 Å². The van der Waals surface area contributed by atoms with Gasteiger partial charge in [0, 0.05) is 18.2 Å². The zero-order chi connectivity index (χ0) is 21.8. The fourth-order valence-electron chi connectivity index (χ4n) is 3.05. The van der Waals surface area contributed by atoms with Gasteiger partial charge in [0.2, 0.25) is 0 Å². The van der Waals surface area contributed by atoms with Crippen LogP contribution in [0.5, 0.6) is 5.75 Å². The average Bonchev–Trinajstić information content (AvgIpc) is 2.65. The maximum Gasteiger partial charge on any atom is 0.331 e. The Labute approximate surface area is 170 Å². The Kier molecular flexibility index (Phi) is 6.76. The van der Waals surface area contributed by atoms with E-state index in [0.717, 1.165) is 0 Å². The minimum absolute atomic E-state index is 0.0410. The smallest absolute Gasteiger partial charge is 0.331 e. The fraction of sp³-hybridized carbons (Fsp3) is 0.400. The lowest BCUT2D eigenvalue weighted by Crippen LogP contribution is -2.57. The van der Waals surface area contributed by atoms with Crippen molar-refractivity contribution in [2.45, 2.75) is 26.3 Å². The second kappa shape index (κ2) is 8.87. The van der Waals surface area contributed by atoms with Crippen molar-refractivity contribution in [3.63, 3.8) is 0 Å². The summed E-state index contributed by atoms with van der Waals surface area (Å²) in [5.41, 5.74) is 12.0. The quantitative estimate of drug-likeness (QED) is 0.549. The number of hydrogen-bond donors (Lipinski definition) is 3. The first kappa shape index (κ1) is 22.1. The Balaban J connectivity index is 2.50. The highest BCUT2D eigenvalue weighted by Crippen LogP contribution is 2.27. The topological polar surface area (TPSA) is 133 Å². The van der Waals surface area contributed by atoms with Crippen LogP contribution in [-0.4, -0.2) is 49.0 Å². The maximum absolute atomic E-state index is 12.1. The molecule has 1 aromatic carbocycles. The SMILES string of the molecule is COc1cccc(Nc2nc([N+](C)(C)C(CC(C)C)C(N)=O)ncc2C(N)=O)c1. The first-order valence-corrected chi connectivity index (χ1v) is 9.27.